The van der Waals surface area contributed by atoms with Crippen LogP contribution in [-0.4, -0.2) is 37.6 Å². The lowest BCUT2D eigenvalue weighted by Crippen LogP contribution is -2.36. The van der Waals surface area contributed by atoms with Crippen molar-refractivity contribution >= 4 is 40.3 Å². The molecule has 7 heteroatoms. The van der Waals surface area contributed by atoms with Gasteiger partial charge in [-0.25, -0.2) is 4.68 Å². The van der Waals surface area contributed by atoms with Crippen LogP contribution in [0.2, 0.25) is 0 Å². The highest BCUT2D eigenvalue weighted by Gasteiger charge is 2.35. The summed E-state index contributed by atoms with van der Waals surface area (Å²) in [6.45, 7) is 8.72. The van der Waals surface area contributed by atoms with Crippen molar-refractivity contribution in [3.63, 3.8) is 0 Å². The van der Waals surface area contributed by atoms with Gasteiger partial charge in [0, 0.05) is 23.4 Å². The van der Waals surface area contributed by atoms with Crippen molar-refractivity contribution in [3.8, 4) is 22.7 Å². The number of ether oxygens (including phenoxy) is 1. The Morgan fingerprint density at radius 3 is 2.61 bits per heavy atom. The summed E-state index contributed by atoms with van der Waals surface area (Å²) in [5.74, 6) is 0.790. The highest BCUT2D eigenvalue weighted by Crippen LogP contribution is 2.37. The zero-order chi connectivity index (χ0) is 23.5. The molecule has 0 bridgehead atoms. The first-order chi connectivity index (χ1) is 15.9. The molecule has 1 aromatic heterocycles. The number of hydrogen-bond acceptors (Lipinski definition) is 5. The van der Waals surface area contributed by atoms with E-state index in [9.17, 15) is 4.79 Å². The third kappa shape index (κ3) is 4.75. The van der Waals surface area contributed by atoms with Gasteiger partial charge in [0.1, 0.15) is 15.8 Å². The van der Waals surface area contributed by atoms with Gasteiger partial charge in [0.05, 0.1) is 17.2 Å². The minimum atomic E-state index is -0.0406. The Labute approximate surface area is 204 Å². The number of thioether (sulfide) groups is 1. The molecule has 3 aromatic rings. The molecule has 5 nitrogen and oxygen atoms in total. The number of para-hydroxylation sites is 1. The minimum absolute atomic E-state index is 0.0406. The Kier molecular flexibility index (Phi) is 7.00. The molecule has 1 aliphatic rings. The highest BCUT2D eigenvalue weighted by molar-refractivity contribution is 8.26. The van der Waals surface area contributed by atoms with E-state index in [1.54, 1.807) is 4.90 Å². The topological polar surface area (TPSA) is 47.4 Å². The monoisotopic (exact) mass is 477 g/mol. The smallest absolute Gasteiger partial charge is 0.266 e. The SMILES string of the molecule is CCOc1ccc(-c2nn(-c3ccccc3)cc2/C=C2/SC(=S)N(C(C)CC)C2=O)c(C)c1. The van der Waals surface area contributed by atoms with E-state index in [2.05, 4.69) is 6.92 Å². The molecule has 4 rings (SSSR count). The molecule has 1 aliphatic heterocycles. The number of carbonyl (C=O) groups is 1. The number of benzene rings is 2. The van der Waals surface area contributed by atoms with Crippen LogP contribution in [0.25, 0.3) is 23.0 Å². The van der Waals surface area contributed by atoms with E-state index in [1.165, 1.54) is 11.8 Å². The molecule has 0 N–H and O–H groups in total. The fraction of sp³-hybridized carbons (Fsp3) is 0.269. The molecule has 2 heterocycles. The van der Waals surface area contributed by atoms with Gasteiger partial charge < -0.3 is 4.74 Å². The number of aryl methyl sites for hydroxylation is 1. The van der Waals surface area contributed by atoms with Gasteiger partial charge in [0.15, 0.2) is 0 Å². The van der Waals surface area contributed by atoms with Crippen LogP contribution in [0.15, 0.2) is 59.6 Å². The molecule has 33 heavy (non-hydrogen) atoms. The first-order valence-corrected chi connectivity index (χ1v) is 12.3. The lowest BCUT2D eigenvalue weighted by atomic mass is 10.0. The summed E-state index contributed by atoms with van der Waals surface area (Å²) in [5.41, 5.74) is 4.69. The van der Waals surface area contributed by atoms with Gasteiger partial charge in [-0.15, -0.1) is 0 Å². The van der Waals surface area contributed by atoms with Crippen molar-refractivity contribution in [3.05, 3.63) is 70.8 Å². The van der Waals surface area contributed by atoms with Crippen LogP contribution in [0.5, 0.6) is 5.75 Å². The molecule has 0 saturated carbocycles. The molecular weight excluding hydrogens is 450 g/mol. The van der Waals surface area contributed by atoms with Crippen molar-refractivity contribution in [2.24, 2.45) is 0 Å². The summed E-state index contributed by atoms with van der Waals surface area (Å²) >= 11 is 6.87. The quantitative estimate of drug-likeness (QED) is 0.297. The Bertz CT molecular complexity index is 1220. The summed E-state index contributed by atoms with van der Waals surface area (Å²) in [5, 5.41) is 4.91. The predicted molar refractivity (Wildman–Crippen MR) is 140 cm³/mol. The second-order valence-corrected chi connectivity index (χ2v) is 9.61. The normalized spacial score (nSPS) is 16.0. The largest absolute Gasteiger partial charge is 0.494 e. The first-order valence-electron chi connectivity index (χ1n) is 11.1. The average Bonchev–Trinajstić information content (AvgIpc) is 3.35. The number of nitrogens with zero attached hydrogens (tertiary/aromatic N) is 3. The fourth-order valence-corrected chi connectivity index (χ4v) is 5.21. The molecule has 1 fully saturated rings. The summed E-state index contributed by atoms with van der Waals surface area (Å²) < 4.78 is 8.12. The first kappa shape index (κ1) is 23.3. The van der Waals surface area contributed by atoms with E-state index in [1.807, 2.05) is 86.3 Å². The predicted octanol–water partition coefficient (Wildman–Crippen LogP) is 6.25. The molecule has 1 unspecified atom stereocenters. The van der Waals surface area contributed by atoms with Crippen molar-refractivity contribution in [2.75, 3.05) is 6.61 Å². The summed E-state index contributed by atoms with van der Waals surface area (Å²) in [7, 11) is 0. The molecule has 170 valence electrons. The lowest BCUT2D eigenvalue weighted by Gasteiger charge is -2.21. The number of hydrogen-bond donors (Lipinski definition) is 0. The van der Waals surface area contributed by atoms with Crippen LogP contribution in [0, 0.1) is 6.92 Å². The summed E-state index contributed by atoms with van der Waals surface area (Å²) in [4.78, 5) is 15.5. The minimum Gasteiger partial charge on any atom is -0.494 e. The average molecular weight is 478 g/mol. The summed E-state index contributed by atoms with van der Waals surface area (Å²) in [6.07, 6.45) is 4.73. The van der Waals surface area contributed by atoms with Crippen LogP contribution in [0.1, 0.15) is 38.3 Å². The van der Waals surface area contributed by atoms with Crippen molar-refractivity contribution < 1.29 is 9.53 Å². The van der Waals surface area contributed by atoms with E-state index >= 15 is 0 Å². The van der Waals surface area contributed by atoms with Crippen LogP contribution in [-0.2, 0) is 4.79 Å². The number of rotatable bonds is 7. The van der Waals surface area contributed by atoms with Gasteiger partial charge in [-0.3, -0.25) is 9.69 Å². The van der Waals surface area contributed by atoms with Gasteiger partial charge in [0.25, 0.3) is 5.91 Å². The van der Waals surface area contributed by atoms with E-state index in [4.69, 9.17) is 22.1 Å². The summed E-state index contributed by atoms with van der Waals surface area (Å²) in [6, 6.07) is 16.0. The van der Waals surface area contributed by atoms with E-state index in [0.29, 0.717) is 15.8 Å². The third-order valence-electron chi connectivity index (χ3n) is 5.67. The fourth-order valence-electron chi connectivity index (χ4n) is 3.76. The van der Waals surface area contributed by atoms with Crippen LogP contribution in [0.4, 0.5) is 0 Å². The van der Waals surface area contributed by atoms with E-state index in [0.717, 1.165) is 40.2 Å². The molecule has 2 aromatic carbocycles. The molecule has 0 radical (unpaired) electrons. The maximum Gasteiger partial charge on any atom is 0.266 e. The van der Waals surface area contributed by atoms with Crippen LogP contribution >= 0.6 is 24.0 Å². The van der Waals surface area contributed by atoms with Gasteiger partial charge in [0.2, 0.25) is 0 Å². The zero-order valence-corrected chi connectivity index (χ0v) is 20.9. The number of amides is 1. The molecule has 1 saturated heterocycles. The van der Waals surface area contributed by atoms with Crippen molar-refractivity contribution in [1.82, 2.24) is 14.7 Å². The molecule has 0 spiro atoms. The molecular formula is C26H27N3O2S2. The molecule has 1 atom stereocenters. The maximum atomic E-state index is 13.1. The second kappa shape index (κ2) is 9.93. The Morgan fingerprint density at radius 2 is 1.94 bits per heavy atom. The van der Waals surface area contributed by atoms with Crippen molar-refractivity contribution in [1.29, 1.82) is 0 Å². The van der Waals surface area contributed by atoms with Crippen LogP contribution < -0.4 is 4.74 Å². The van der Waals surface area contributed by atoms with Crippen LogP contribution in [0.3, 0.4) is 0 Å². The number of thiocarbonyl (C=S) groups is 1. The van der Waals surface area contributed by atoms with Crippen molar-refractivity contribution in [2.45, 2.75) is 40.2 Å². The standard InChI is InChI=1S/C26H27N3O2S2/c1-5-18(4)29-25(30)23(33-26(29)32)15-19-16-28(20-10-8-7-9-11-20)27-24(19)22-13-12-21(31-6-2)14-17(22)3/h7-16,18H,5-6H2,1-4H3/b23-15+. The van der Waals surface area contributed by atoms with E-state index in [-0.39, 0.29) is 11.9 Å². The Morgan fingerprint density at radius 1 is 1.18 bits per heavy atom. The lowest BCUT2D eigenvalue weighted by molar-refractivity contribution is -0.123. The Hall–Kier alpha value is -2.90. The number of aromatic nitrogens is 2. The second-order valence-electron chi connectivity index (χ2n) is 7.93. The van der Waals surface area contributed by atoms with Gasteiger partial charge >= 0.3 is 0 Å². The van der Waals surface area contributed by atoms with Gasteiger partial charge in [-0.1, -0.05) is 49.1 Å². The molecule has 0 aliphatic carbocycles. The van der Waals surface area contributed by atoms with Gasteiger partial charge in [-0.05, 0) is 69.2 Å². The highest BCUT2D eigenvalue weighted by atomic mass is 32.2. The Balaban J connectivity index is 1.81. The third-order valence-corrected chi connectivity index (χ3v) is 7.00. The zero-order valence-electron chi connectivity index (χ0n) is 19.2. The van der Waals surface area contributed by atoms with E-state index < -0.39 is 0 Å². The molecule has 1 amide bonds. The maximum absolute atomic E-state index is 13.1. The number of carbonyl (C=O) groups excluding carboxylic acids is 1. The van der Waals surface area contributed by atoms with Gasteiger partial charge in [-0.2, -0.15) is 5.10 Å².